The Balaban J connectivity index is 1.76. The van der Waals surface area contributed by atoms with Crippen LogP contribution in [0.1, 0.15) is 33.5 Å². The van der Waals surface area contributed by atoms with E-state index in [0.29, 0.717) is 0 Å². The summed E-state index contributed by atoms with van der Waals surface area (Å²) in [4.78, 5) is 4.79. The van der Waals surface area contributed by atoms with Crippen LogP contribution in [0.3, 0.4) is 0 Å². The van der Waals surface area contributed by atoms with Gasteiger partial charge in [-0.3, -0.25) is 0 Å². The zero-order valence-electron chi connectivity index (χ0n) is 18.0. The number of imidazole rings is 1. The van der Waals surface area contributed by atoms with E-state index in [0.717, 1.165) is 26.2 Å². The number of aryl methyl sites for hydroxylation is 2. The highest BCUT2D eigenvalue weighted by Gasteiger charge is 2.28. The summed E-state index contributed by atoms with van der Waals surface area (Å²) in [6.45, 7) is 12.7. The van der Waals surface area contributed by atoms with Crippen LogP contribution in [0, 0.1) is 0 Å². The number of fused-ring (bicyclic) bond motifs is 2. The molecule has 2 heterocycles. The molecule has 0 unspecified atom stereocenters. The van der Waals surface area contributed by atoms with Gasteiger partial charge in [0.2, 0.25) is 0 Å². The fraction of sp³-hybridized carbons (Fsp3) is 0.320. The predicted molar refractivity (Wildman–Crippen MR) is 123 cm³/mol. The Bertz CT molecular complexity index is 1000. The Hall–Kier alpha value is -3.01. The molecule has 150 valence electrons. The molecule has 0 fully saturated rings. The first-order chi connectivity index (χ1) is 14.2. The Morgan fingerprint density at radius 2 is 1.41 bits per heavy atom. The van der Waals surface area contributed by atoms with E-state index in [9.17, 15) is 0 Å². The number of benzene rings is 2. The summed E-state index contributed by atoms with van der Waals surface area (Å²) in [6.07, 6.45) is 6.72. The van der Waals surface area contributed by atoms with Crippen molar-refractivity contribution in [3.63, 3.8) is 0 Å². The molecule has 4 nitrogen and oxygen atoms in total. The average Bonchev–Trinajstić information content (AvgIpc) is 3.24. The van der Waals surface area contributed by atoms with Crippen LogP contribution in [0.2, 0.25) is 0 Å². The molecule has 1 aromatic heterocycles. The van der Waals surface area contributed by atoms with Crippen molar-refractivity contribution in [1.82, 2.24) is 4.57 Å². The van der Waals surface area contributed by atoms with Crippen molar-refractivity contribution in [3.05, 3.63) is 72.3 Å². The number of hydrogen-bond donors (Lipinski definition) is 0. The molecule has 1 aliphatic rings. The number of allylic oxidation sites excluding steroid dienone is 2. The van der Waals surface area contributed by atoms with Gasteiger partial charge in [0.05, 0.1) is 24.5 Å². The highest BCUT2D eigenvalue weighted by Crippen LogP contribution is 2.40. The van der Waals surface area contributed by atoms with Gasteiger partial charge in [0, 0.05) is 19.2 Å². The van der Waals surface area contributed by atoms with Crippen molar-refractivity contribution in [2.24, 2.45) is 0 Å². The molecule has 4 heteroatoms. The van der Waals surface area contributed by atoms with Gasteiger partial charge in [-0.25, -0.2) is 9.13 Å². The lowest BCUT2D eigenvalue weighted by Gasteiger charge is -2.23. The van der Waals surface area contributed by atoms with Crippen molar-refractivity contribution in [3.8, 4) is 0 Å². The SMILES string of the molecule is CCN1C(=C/C=C/c2n(CC)c3ccccc3[n+]2CC)N(CC)c2ccccc21. The van der Waals surface area contributed by atoms with Crippen LogP contribution in [-0.4, -0.2) is 17.7 Å². The van der Waals surface area contributed by atoms with Crippen molar-refractivity contribution in [1.29, 1.82) is 0 Å². The lowest BCUT2D eigenvalue weighted by Crippen LogP contribution is -2.35. The van der Waals surface area contributed by atoms with Gasteiger partial charge in [-0.2, -0.15) is 0 Å². The summed E-state index contributed by atoms with van der Waals surface area (Å²) in [5, 5.41) is 0. The van der Waals surface area contributed by atoms with E-state index in [4.69, 9.17) is 0 Å². The topological polar surface area (TPSA) is 15.3 Å². The summed E-state index contributed by atoms with van der Waals surface area (Å²) in [5.74, 6) is 2.49. The number of hydrogen-bond acceptors (Lipinski definition) is 2. The Labute approximate surface area is 174 Å². The van der Waals surface area contributed by atoms with Crippen molar-refractivity contribution < 1.29 is 4.57 Å². The summed E-state index contributed by atoms with van der Waals surface area (Å²) in [6, 6.07) is 17.3. The average molecular weight is 388 g/mol. The van der Waals surface area contributed by atoms with Crippen molar-refractivity contribution in [2.75, 3.05) is 22.9 Å². The van der Waals surface area contributed by atoms with Crippen LogP contribution in [0.15, 0.2) is 66.5 Å². The van der Waals surface area contributed by atoms with Gasteiger partial charge in [0.1, 0.15) is 5.82 Å². The molecule has 0 bridgehead atoms. The highest BCUT2D eigenvalue weighted by molar-refractivity contribution is 5.82. The molecule has 2 aromatic carbocycles. The third-order valence-electron chi connectivity index (χ3n) is 5.79. The van der Waals surface area contributed by atoms with Gasteiger partial charge < -0.3 is 9.80 Å². The van der Waals surface area contributed by atoms with E-state index in [1.165, 1.54) is 34.1 Å². The molecule has 3 aromatic rings. The van der Waals surface area contributed by atoms with Crippen molar-refractivity contribution >= 4 is 28.5 Å². The molecule has 0 amide bonds. The predicted octanol–water partition coefficient (Wildman–Crippen LogP) is 5.19. The molecule has 0 spiro atoms. The number of anilines is 2. The van der Waals surface area contributed by atoms with E-state index in [2.05, 4.69) is 113 Å². The molecular weight excluding hydrogens is 356 g/mol. The van der Waals surface area contributed by atoms with E-state index >= 15 is 0 Å². The monoisotopic (exact) mass is 387 g/mol. The van der Waals surface area contributed by atoms with Gasteiger partial charge >= 0.3 is 0 Å². The molecule has 0 saturated heterocycles. The lowest BCUT2D eigenvalue weighted by molar-refractivity contribution is -0.670. The Morgan fingerprint density at radius 3 is 2.00 bits per heavy atom. The van der Waals surface area contributed by atoms with Crippen LogP contribution in [-0.2, 0) is 13.1 Å². The number of aromatic nitrogens is 2. The van der Waals surface area contributed by atoms with Gasteiger partial charge in [-0.05, 0) is 58.0 Å². The van der Waals surface area contributed by atoms with Crippen molar-refractivity contribution in [2.45, 2.75) is 40.8 Å². The lowest BCUT2D eigenvalue weighted by atomic mass is 10.2. The molecule has 29 heavy (non-hydrogen) atoms. The first kappa shape index (κ1) is 19.3. The van der Waals surface area contributed by atoms with Gasteiger partial charge in [0.15, 0.2) is 11.0 Å². The summed E-state index contributed by atoms with van der Waals surface area (Å²) in [7, 11) is 0. The van der Waals surface area contributed by atoms with Crippen LogP contribution in [0.25, 0.3) is 17.1 Å². The smallest absolute Gasteiger partial charge is 0.282 e. The largest absolute Gasteiger partial charge is 0.326 e. The third-order valence-corrected chi connectivity index (χ3v) is 5.79. The minimum Gasteiger partial charge on any atom is -0.326 e. The molecule has 0 atom stereocenters. The minimum atomic E-state index is 0.956. The molecular formula is C25H31N4+. The highest BCUT2D eigenvalue weighted by atomic mass is 15.4. The second-order valence-electron chi connectivity index (χ2n) is 7.20. The maximum Gasteiger partial charge on any atom is 0.282 e. The Morgan fingerprint density at radius 1 is 0.793 bits per heavy atom. The molecule has 0 N–H and O–H groups in total. The summed E-state index contributed by atoms with van der Waals surface area (Å²) in [5.41, 5.74) is 5.18. The number of rotatable bonds is 6. The number of para-hydroxylation sites is 4. The standard InChI is InChI=1S/C25H31N4/c1-5-26-20-14-9-10-15-21(20)27(6-2)24(26)18-13-19-25-28(7-3)22-16-11-12-17-23(22)29(25)8-4/h9-19H,5-8H2,1-4H3/q+1. The van der Waals surface area contributed by atoms with Crippen LogP contribution < -0.4 is 14.4 Å². The second kappa shape index (κ2) is 8.16. The third kappa shape index (κ3) is 3.13. The van der Waals surface area contributed by atoms with Gasteiger partial charge in [-0.1, -0.05) is 30.3 Å². The zero-order chi connectivity index (χ0) is 20.4. The fourth-order valence-electron chi connectivity index (χ4n) is 4.54. The zero-order valence-corrected chi connectivity index (χ0v) is 18.0. The van der Waals surface area contributed by atoms with Gasteiger partial charge in [-0.15, -0.1) is 0 Å². The first-order valence-corrected chi connectivity index (χ1v) is 10.8. The van der Waals surface area contributed by atoms with E-state index in [-0.39, 0.29) is 0 Å². The van der Waals surface area contributed by atoms with Crippen LogP contribution >= 0.6 is 0 Å². The molecule has 0 radical (unpaired) electrons. The van der Waals surface area contributed by atoms with Crippen LogP contribution in [0.4, 0.5) is 11.4 Å². The molecule has 4 rings (SSSR count). The Kier molecular flexibility index (Phi) is 5.43. The maximum absolute atomic E-state index is 2.40. The quantitative estimate of drug-likeness (QED) is 0.541. The van der Waals surface area contributed by atoms with Gasteiger partial charge in [0.25, 0.3) is 5.82 Å². The molecule has 1 aliphatic heterocycles. The fourth-order valence-corrected chi connectivity index (χ4v) is 4.54. The van der Waals surface area contributed by atoms with Crippen LogP contribution in [0.5, 0.6) is 0 Å². The number of nitrogens with zero attached hydrogens (tertiary/aromatic N) is 4. The molecule has 0 saturated carbocycles. The van der Waals surface area contributed by atoms with E-state index < -0.39 is 0 Å². The summed E-state index contributed by atoms with van der Waals surface area (Å²) >= 11 is 0. The first-order valence-electron chi connectivity index (χ1n) is 10.8. The van der Waals surface area contributed by atoms with E-state index in [1.807, 2.05) is 0 Å². The second-order valence-corrected chi connectivity index (χ2v) is 7.20. The maximum atomic E-state index is 2.40. The summed E-state index contributed by atoms with van der Waals surface area (Å²) < 4.78 is 4.79. The minimum absolute atomic E-state index is 0.956. The van der Waals surface area contributed by atoms with E-state index in [1.54, 1.807) is 0 Å². The molecule has 0 aliphatic carbocycles. The normalized spacial score (nSPS) is 13.7.